The van der Waals surface area contributed by atoms with E-state index in [9.17, 15) is 13.2 Å². The zero-order valence-corrected chi connectivity index (χ0v) is 13.1. The van der Waals surface area contributed by atoms with Gasteiger partial charge in [-0.2, -0.15) is 5.10 Å². The highest BCUT2D eigenvalue weighted by Crippen LogP contribution is 2.36. The quantitative estimate of drug-likeness (QED) is 0.764. The summed E-state index contributed by atoms with van der Waals surface area (Å²) in [5.41, 5.74) is 0.0911. The fourth-order valence-corrected chi connectivity index (χ4v) is 3.95. The van der Waals surface area contributed by atoms with Crippen LogP contribution in [0.15, 0.2) is 45.0 Å². The van der Waals surface area contributed by atoms with Gasteiger partial charge >= 0.3 is 0 Å². The van der Waals surface area contributed by atoms with Crippen molar-refractivity contribution >= 4 is 21.2 Å². The molecule has 22 heavy (non-hydrogen) atoms. The summed E-state index contributed by atoms with van der Waals surface area (Å²) >= 11 is 0. The molecule has 2 heterocycles. The number of para-hydroxylation sites is 1. The second kappa shape index (κ2) is 5.22. The average molecular weight is 320 g/mol. The summed E-state index contributed by atoms with van der Waals surface area (Å²) in [4.78, 5) is 14.3. The van der Waals surface area contributed by atoms with E-state index in [1.165, 1.54) is 16.9 Å². The predicted molar refractivity (Wildman–Crippen MR) is 82.2 cm³/mol. The zero-order chi connectivity index (χ0) is 15.9. The number of aromatic nitrogens is 2. The molecule has 0 aliphatic carbocycles. The van der Waals surface area contributed by atoms with Crippen LogP contribution in [0.2, 0.25) is 0 Å². The first-order chi connectivity index (χ1) is 10.4. The van der Waals surface area contributed by atoms with E-state index in [4.69, 9.17) is 0 Å². The van der Waals surface area contributed by atoms with Crippen LogP contribution in [0.1, 0.15) is 0 Å². The molecular weight excluding hydrogens is 304 g/mol. The largest absolute Gasteiger partial charge is 0.352 e. The highest BCUT2D eigenvalue weighted by atomic mass is 32.2. The molecule has 0 saturated heterocycles. The third-order valence-electron chi connectivity index (χ3n) is 3.47. The SMILES string of the molecule is CN(C)CCn1ncc2c(c1=O)S(=O)(=O)c1ccccc1N2. The van der Waals surface area contributed by atoms with Crippen LogP contribution in [0.5, 0.6) is 0 Å². The summed E-state index contributed by atoms with van der Waals surface area (Å²) in [7, 11) is -0.0965. The minimum absolute atomic E-state index is 0.116. The summed E-state index contributed by atoms with van der Waals surface area (Å²) in [5, 5.41) is 7.02. The molecule has 0 radical (unpaired) electrons. The first-order valence-electron chi connectivity index (χ1n) is 6.77. The third-order valence-corrected chi connectivity index (χ3v) is 5.34. The van der Waals surface area contributed by atoms with Crippen LogP contribution in [0, 0.1) is 0 Å². The number of fused-ring (bicyclic) bond motifs is 2. The molecule has 0 atom stereocenters. The summed E-state index contributed by atoms with van der Waals surface area (Å²) in [5.74, 6) is 0. The number of rotatable bonds is 3. The Labute approximate surface area is 128 Å². The lowest BCUT2D eigenvalue weighted by Gasteiger charge is -2.21. The van der Waals surface area contributed by atoms with E-state index in [0.717, 1.165) is 0 Å². The molecule has 3 rings (SSSR count). The van der Waals surface area contributed by atoms with Gasteiger partial charge in [-0.3, -0.25) is 4.79 Å². The van der Waals surface area contributed by atoms with Crippen molar-refractivity contribution in [3.05, 3.63) is 40.8 Å². The lowest BCUT2D eigenvalue weighted by atomic mass is 10.3. The summed E-state index contributed by atoms with van der Waals surface area (Å²) in [6.07, 6.45) is 1.39. The molecule has 0 unspecified atom stereocenters. The Morgan fingerprint density at radius 2 is 1.95 bits per heavy atom. The Morgan fingerprint density at radius 3 is 2.68 bits per heavy atom. The van der Waals surface area contributed by atoms with Crippen molar-refractivity contribution in [1.29, 1.82) is 0 Å². The molecule has 1 N–H and O–H groups in total. The number of likely N-dealkylation sites (N-methyl/N-ethyl adjacent to an activating group) is 1. The fourth-order valence-electron chi connectivity index (χ4n) is 2.33. The molecule has 0 amide bonds. The van der Waals surface area contributed by atoms with Crippen molar-refractivity contribution in [2.24, 2.45) is 0 Å². The first kappa shape index (κ1) is 14.7. The van der Waals surface area contributed by atoms with Crippen LogP contribution in [0.3, 0.4) is 0 Å². The van der Waals surface area contributed by atoms with Crippen molar-refractivity contribution in [1.82, 2.24) is 14.7 Å². The molecule has 1 aromatic heterocycles. The van der Waals surface area contributed by atoms with E-state index in [2.05, 4.69) is 10.4 Å². The molecule has 1 aliphatic rings. The molecule has 8 heteroatoms. The van der Waals surface area contributed by atoms with Gasteiger partial charge in [0.15, 0.2) is 4.90 Å². The van der Waals surface area contributed by atoms with Crippen molar-refractivity contribution in [2.45, 2.75) is 16.3 Å². The number of hydrogen-bond donors (Lipinski definition) is 1. The van der Waals surface area contributed by atoms with Gasteiger partial charge in [0, 0.05) is 6.54 Å². The molecule has 0 bridgehead atoms. The van der Waals surface area contributed by atoms with Crippen LogP contribution in [-0.4, -0.2) is 43.7 Å². The summed E-state index contributed by atoms with van der Waals surface area (Å²) < 4.78 is 26.6. The maximum absolute atomic E-state index is 12.7. The minimum Gasteiger partial charge on any atom is -0.352 e. The molecule has 1 aliphatic heterocycles. The van der Waals surface area contributed by atoms with E-state index in [0.29, 0.717) is 18.8 Å². The normalized spacial score (nSPS) is 15.0. The van der Waals surface area contributed by atoms with Crippen LogP contribution in [0.4, 0.5) is 11.4 Å². The highest BCUT2D eigenvalue weighted by Gasteiger charge is 2.33. The van der Waals surface area contributed by atoms with Gasteiger partial charge in [-0.15, -0.1) is 0 Å². The van der Waals surface area contributed by atoms with Crippen molar-refractivity contribution < 1.29 is 8.42 Å². The van der Waals surface area contributed by atoms with E-state index in [1.54, 1.807) is 18.2 Å². The van der Waals surface area contributed by atoms with Gasteiger partial charge in [0.1, 0.15) is 0 Å². The maximum Gasteiger partial charge on any atom is 0.288 e. The summed E-state index contributed by atoms with van der Waals surface area (Å²) in [6, 6.07) is 6.52. The van der Waals surface area contributed by atoms with E-state index < -0.39 is 15.4 Å². The second-order valence-corrected chi connectivity index (χ2v) is 7.20. The number of benzene rings is 1. The summed E-state index contributed by atoms with van der Waals surface area (Å²) in [6.45, 7) is 0.923. The van der Waals surface area contributed by atoms with Crippen LogP contribution in [0.25, 0.3) is 0 Å². The van der Waals surface area contributed by atoms with Gasteiger partial charge in [0.25, 0.3) is 5.56 Å². The van der Waals surface area contributed by atoms with Gasteiger partial charge in [-0.05, 0) is 26.2 Å². The Morgan fingerprint density at radius 1 is 1.23 bits per heavy atom. The second-order valence-electron chi connectivity index (χ2n) is 5.34. The fraction of sp³-hybridized carbons (Fsp3) is 0.286. The van der Waals surface area contributed by atoms with Crippen molar-refractivity contribution in [3.8, 4) is 0 Å². The molecule has 0 spiro atoms. The van der Waals surface area contributed by atoms with Crippen LogP contribution >= 0.6 is 0 Å². The standard InChI is InChI=1S/C14H16N4O3S/c1-17(2)7-8-18-14(19)13-11(9-15-18)16-10-5-3-4-6-12(10)22(13,20)21/h3-6,9,16H,7-8H2,1-2H3. The number of anilines is 2. The molecular formula is C14H16N4O3S. The topological polar surface area (TPSA) is 84.3 Å². The van der Waals surface area contributed by atoms with Crippen LogP contribution < -0.4 is 10.9 Å². The Hall–Kier alpha value is -2.19. The molecule has 116 valence electrons. The highest BCUT2D eigenvalue weighted by molar-refractivity contribution is 7.92. The Balaban J connectivity index is 2.15. The number of hydrogen-bond acceptors (Lipinski definition) is 6. The van der Waals surface area contributed by atoms with Gasteiger partial charge in [-0.1, -0.05) is 12.1 Å². The van der Waals surface area contributed by atoms with Gasteiger partial charge in [0.2, 0.25) is 9.84 Å². The first-order valence-corrected chi connectivity index (χ1v) is 8.25. The average Bonchev–Trinajstić information content (AvgIpc) is 2.46. The smallest absolute Gasteiger partial charge is 0.288 e. The molecule has 2 aromatic rings. The lowest BCUT2D eigenvalue weighted by molar-refractivity contribution is 0.366. The minimum atomic E-state index is -3.84. The number of sulfone groups is 1. The molecule has 0 fully saturated rings. The van der Waals surface area contributed by atoms with Crippen molar-refractivity contribution in [3.63, 3.8) is 0 Å². The number of nitrogens with zero attached hydrogens (tertiary/aromatic N) is 3. The molecule has 7 nitrogen and oxygen atoms in total. The predicted octanol–water partition coefficient (Wildman–Crippen LogP) is 0.695. The monoisotopic (exact) mass is 320 g/mol. The van der Waals surface area contributed by atoms with Gasteiger partial charge in [-0.25, -0.2) is 13.1 Å². The van der Waals surface area contributed by atoms with Gasteiger partial charge in [0.05, 0.1) is 29.0 Å². The maximum atomic E-state index is 12.7. The van der Waals surface area contributed by atoms with Crippen molar-refractivity contribution in [2.75, 3.05) is 26.0 Å². The Bertz CT molecular complexity index is 887. The third kappa shape index (κ3) is 2.30. The lowest BCUT2D eigenvalue weighted by Crippen LogP contribution is -2.33. The molecule has 0 saturated carbocycles. The van der Waals surface area contributed by atoms with Crippen LogP contribution in [-0.2, 0) is 16.4 Å². The molecule has 1 aromatic carbocycles. The van der Waals surface area contributed by atoms with Gasteiger partial charge < -0.3 is 10.2 Å². The number of nitrogens with one attached hydrogen (secondary N) is 1. The van der Waals surface area contributed by atoms with E-state index in [1.807, 2.05) is 19.0 Å². The Kier molecular flexibility index (Phi) is 3.50. The van der Waals surface area contributed by atoms with E-state index in [-0.39, 0.29) is 15.5 Å². The van der Waals surface area contributed by atoms with E-state index >= 15 is 0 Å². The zero-order valence-electron chi connectivity index (χ0n) is 12.3.